The van der Waals surface area contributed by atoms with Crippen molar-refractivity contribution in [2.45, 2.75) is 31.2 Å². The van der Waals surface area contributed by atoms with Crippen LogP contribution in [0.5, 0.6) is 0 Å². The molecular formula is C14H16F3NO2. The first-order valence-electron chi connectivity index (χ1n) is 6.35. The molecule has 0 bridgehead atoms. The quantitative estimate of drug-likeness (QED) is 0.922. The fourth-order valence-corrected chi connectivity index (χ4v) is 2.31. The van der Waals surface area contributed by atoms with Crippen LogP contribution in [0.25, 0.3) is 0 Å². The highest BCUT2D eigenvalue weighted by Crippen LogP contribution is 2.29. The number of carbonyl (C=O) groups is 1. The first-order chi connectivity index (χ1) is 9.40. The van der Waals surface area contributed by atoms with E-state index in [0.29, 0.717) is 18.5 Å². The highest BCUT2D eigenvalue weighted by molar-refractivity contribution is 5.86. The van der Waals surface area contributed by atoms with Gasteiger partial charge >= 0.3 is 6.18 Å². The smallest absolute Gasteiger partial charge is 0.380 e. The summed E-state index contributed by atoms with van der Waals surface area (Å²) in [5.74, 6) is -0.108. The van der Waals surface area contributed by atoms with E-state index in [9.17, 15) is 18.0 Å². The normalized spacial score (nSPS) is 23.0. The molecule has 110 valence electrons. The zero-order valence-electron chi connectivity index (χ0n) is 11.0. The molecule has 3 nitrogen and oxygen atoms in total. The molecule has 0 amide bonds. The Hall–Kier alpha value is -1.40. The van der Waals surface area contributed by atoms with Gasteiger partial charge < -0.3 is 10.1 Å². The van der Waals surface area contributed by atoms with Crippen LogP contribution >= 0.6 is 0 Å². The number of methoxy groups -OCH3 is 1. The molecule has 20 heavy (non-hydrogen) atoms. The van der Waals surface area contributed by atoms with Gasteiger partial charge in [-0.2, -0.15) is 13.2 Å². The molecule has 0 aliphatic carbocycles. The van der Waals surface area contributed by atoms with Gasteiger partial charge in [-0.15, -0.1) is 0 Å². The summed E-state index contributed by atoms with van der Waals surface area (Å²) >= 11 is 0. The van der Waals surface area contributed by atoms with Crippen LogP contribution in [0.3, 0.4) is 0 Å². The molecule has 2 atom stereocenters. The minimum absolute atomic E-state index is 0.00196. The molecule has 1 heterocycles. The molecule has 1 aromatic carbocycles. The van der Waals surface area contributed by atoms with E-state index in [1.165, 1.54) is 12.1 Å². The van der Waals surface area contributed by atoms with Gasteiger partial charge in [0.05, 0.1) is 17.7 Å². The fourth-order valence-electron chi connectivity index (χ4n) is 2.31. The van der Waals surface area contributed by atoms with Crippen molar-refractivity contribution in [2.75, 3.05) is 13.7 Å². The van der Waals surface area contributed by atoms with Crippen LogP contribution in [0.15, 0.2) is 24.3 Å². The molecule has 1 N–H and O–H groups in total. The van der Waals surface area contributed by atoms with Crippen molar-refractivity contribution < 1.29 is 22.7 Å². The molecule has 1 aromatic rings. The summed E-state index contributed by atoms with van der Waals surface area (Å²) in [4.78, 5) is 12.0. The molecule has 1 saturated heterocycles. The summed E-state index contributed by atoms with van der Waals surface area (Å²) in [6.45, 7) is 0.593. The largest absolute Gasteiger partial charge is 0.416 e. The summed E-state index contributed by atoms with van der Waals surface area (Å²) in [5, 5.41) is 3.03. The second-order valence-electron chi connectivity index (χ2n) is 4.90. The number of halogens is 3. The Balaban J connectivity index is 2.02. The Morgan fingerprint density at radius 1 is 1.45 bits per heavy atom. The molecular weight excluding hydrogens is 271 g/mol. The molecule has 0 aromatic heterocycles. The molecule has 1 fully saturated rings. The minimum atomic E-state index is -4.38. The number of ether oxygens (including phenoxy) is 1. The third-order valence-corrected chi connectivity index (χ3v) is 3.45. The third-order valence-electron chi connectivity index (χ3n) is 3.45. The van der Waals surface area contributed by atoms with Crippen molar-refractivity contribution >= 4 is 5.78 Å². The summed E-state index contributed by atoms with van der Waals surface area (Å²) in [6, 6.07) is 4.56. The predicted octanol–water partition coefficient (Wildman–Crippen LogP) is 2.19. The van der Waals surface area contributed by atoms with E-state index in [0.717, 1.165) is 12.1 Å². The number of carbonyl (C=O) groups excluding carboxylic acids is 1. The standard InChI is InChI=1S/C14H16F3NO2/c1-20-11-7-12(18-8-11)13(19)6-9-3-2-4-10(5-9)14(15,16)17/h2-5,11-12,18H,6-8H2,1H3. The van der Waals surface area contributed by atoms with Crippen LogP contribution in [0.1, 0.15) is 17.5 Å². The maximum atomic E-state index is 12.6. The molecule has 1 aliphatic rings. The molecule has 1 aliphatic heterocycles. The molecule has 6 heteroatoms. The predicted molar refractivity (Wildman–Crippen MR) is 67.4 cm³/mol. The fraction of sp³-hybridized carbons (Fsp3) is 0.500. The van der Waals surface area contributed by atoms with Crippen molar-refractivity contribution in [1.82, 2.24) is 5.32 Å². The maximum Gasteiger partial charge on any atom is 0.416 e. The zero-order chi connectivity index (χ0) is 14.8. The van der Waals surface area contributed by atoms with Gasteiger partial charge in [-0.1, -0.05) is 18.2 Å². The second kappa shape index (κ2) is 5.93. The van der Waals surface area contributed by atoms with Gasteiger partial charge in [-0.05, 0) is 18.1 Å². The minimum Gasteiger partial charge on any atom is -0.380 e. The van der Waals surface area contributed by atoms with Crippen molar-refractivity contribution in [3.8, 4) is 0 Å². The number of Topliss-reactive ketones (excluding diaryl/α,β-unsaturated/α-hetero) is 1. The number of benzene rings is 1. The number of rotatable bonds is 4. The van der Waals surface area contributed by atoms with Gasteiger partial charge in [0, 0.05) is 20.1 Å². The monoisotopic (exact) mass is 287 g/mol. The summed E-state index contributed by atoms with van der Waals surface area (Å²) in [5.41, 5.74) is -0.343. The summed E-state index contributed by atoms with van der Waals surface area (Å²) < 4.78 is 42.9. The van der Waals surface area contributed by atoms with E-state index in [4.69, 9.17) is 4.74 Å². The lowest BCUT2D eigenvalue weighted by Gasteiger charge is -2.11. The summed E-state index contributed by atoms with van der Waals surface area (Å²) in [7, 11) is 1.58. The molecule has 0 spiro atoms. The lowest BCUT2D eigenvalue weighted by Crippen LogP contribution is -2.31. The van der Waals surface area contributed by atoms with Gasteiger partial charge in [0.25, 0.3) is 0 Å². The molecule has 2 rings (SSSR count). The van der Waals surface area contributed by atoms with Crippen LogP contribution in [0, 0.1) is 0 Å². The SMILES string of the molecule is COC1CNC(C(=O)Cc2cccc(C(F)(F)F)c2)C1. The van der Waals surface area contributed by atoms with Gasteiger partial charge in [-0.3, -0.25) is 4.79 Å². The van der Waals surface area contributed by atoms with Crippen LogP contribution in [0.2, 0.25) is 0 Å². The number of alkyl halides is 3. The molecule has 0 saturated carbocycles. The van der Waals surface area contributed by atoms with Crippen LogP contribution < -0.4 is 5.32 Å². The van der Waals surface area contributed by atoms with Crippen molar-refractivity contribution in [3.05, 3.63) is 35.4 Å². The van der Waals surface area contributed by atoms with Gasteiger partial charge in [0.2, 0.25) is 0 Å². The molecule has 2 unspecified atom stereocenters. The van der Waals surface area contributed by atoms with Crippen molar-refractivity contribution in [1.29, 1.82) is 0 Å². The van der Waals surface area contributed by atoms with E-state index >= 15 is 0 Å². The van der Waals surface area contributed by atoms with Gasteiger partial charge in [-0.25, -0.2) is 0 Å². The lowest BCUT2D eigenvalue weighted by atomic mass is 10.0. The Labute approximate surface area is 115 Å². The Bertz CT molecular complexity index is 488. The van der Waals surface area contributed by atoms with E-state index in [2.05, 4.69) is 5.32 Å². The third kappa shape index (κ3) is 3.58. The zero-order valence-corrected chi connectivity index (χ0v) is 11.0. The van der Waals surface area contributed by atoms with E-state index in [-0.39, 0.29) is 24.3 Å². The lowest BCUT2D eigenvalue weighted by molar-refractivity contribution is -0.137. The van der Waals surface area contributed by atoms with E-state index in [1.807, 2.05) is 0 Å². The van der Waals surface area contributed by atoms with E-state index in [1.54, 1.807) is 7.11 Å². The summed E-state index contributed by atoms with van der Waals surface area (Å²) in [6.07, 6.45) is -3.83. The second-order valence-corrected chi connectivity index (χ2v) is 4.90. The number of hydrogen-bond acceptors (Lipinski definition) is 3. The first-order valence-corrected chi connectivity index (χ1v) is 6.35. The molecule has 0 radical (unpaired) electrons. The Morgan fingerprint density at radius 3 is 2.80 bits per heavy atom. The average molecular weight is 287 g/mol. The van der Waals surface area contributed by atoms with Crippen LogP contribution in [-0.4, -0.2) is 31.6 Å². The first kappa shape index (κ1) is 15.0. The number of hydrogen-bond donors (Lipinski definition) is 1. The maximum absolute atomic E-state index is 12.6. The number of ketones is 1. The van der Waals surface area contributed by atoms with Gasteiger partial charge in [0.1, 0.15) is 0 Å². The van der Waals surface area contributed by atoms with Crippen molar-refractivity contribution in [2.24, 2.45) is 0 Å². The van der Waals surface area contributed by atoms with Crippen LogP contribution in [0.4, 0.5) is 13.2 Å². The van der Waals surface area contributed by atoms with Crippen molar-refractivity contribution in [3.63, 3.8) is 0 Å². The highest BCUT2D eigenvalue weighted by Gasteiger charge is 2.32. The Kier molecular flexibility index (Phi) is 4.45. The number of nitrogens with one attached hydrogen (secondary N) is 1. The Morgan fingerprint density at radius 2 is 2.20 bits per heavy atom. The van der Waals surface area contributed by atoms with E-state index < -0.39 is 11.7 Å². The highest BCUT2D eigenvalue weighted by atomic mass is 19.4. The topological polar surface area (TPSA) is 38.3 Å². The van der Waals surface area contributed by atoms with Crippen LogP contribution in [-0.2, 0) is 22.1 Å². The average Bonchev–Trinajstić information content (AvgIpc) is 2.87. The van der Waals surface area contributed by atoms with Gasteiger partial charge in [0.15, 0.2) is 5.78 Å².